The van der Waals surface area contributed by atoms with E-state index >= 15 is 0 Å². The molecule has 0 spiro atoms. The van der Waals surface area contributed by atoms with E-state index in [0.717, 1.165) is 32.7 Å². The Balaban J connectivity index is 1.34. The van der Waals surface area contributed by atoms with Gasteiger partial charge in [-0.1, -0.05) is 11.9 Å². The van der Waals surface area contributed by atoms with Crippen LogP contribution in [0, 0.1) is 0 Å². The van der Waals surface area contributed by atoms with Gasteiger partial charge in [-0.2, -0.15) is 4.68 Å². The Bertz CT molecular complexity index is 797. The van der Waals surface area contributed by atoms with Gasteiger partial charge in [-0.15, -0.1) is 5.10 Å². The number of aromatic nitrogens is 3. The molecule has 0 aliphatic carbocycles. The molecular weight excluding hydrogens is 374 g/mol. The first-order chi connectivity index (χ1) is 13.7. The minimum absolute atomic E-state index is 0.0598. The van der Waals surface area contributed by atoms with Gasteiger partial charge in [-0.25, -0.2) is 4.79 Å². The average molecular weight is 402 g/mol. The average Bonchev–Trinajstić information content (AvgIpc) is 3.41. The summed E-state index contributed by atoms with van der Waals surface area (Å²) in [6.45, 7) is 6.31. The van der Waals surface area contributed by atoms with Gasteiger partial charge in [-0.05, 0) is 24.5 Å². The van der Waals surface area contributed by atoms with Crippen molar-refractivity contribution in [1.82, 2.24) is 24.6 Å². The molecule has 0 saturated carbocycles. The van der Waals surface area contributed by atoms with E-state index in [4.69, 9.17) is 0 Å². The van der Waals surface area contributed by atoms with E-state index < -0.39 is 0 Å². The van der Waals surface area contributed by atoms with Gasteiger partial charge in [0.25, 0.3) is 0 Å². The van der Waals surface area contributed by atoms with Crippen molar-refractivity contribution in [3.8, 4) is 0 Å². The highest BCUT2D eigenvalue weighted by Crippen LogP contribution is 2.25. The number of nitrogens with zero attached hydrogens (tertiary/aromatic N) is 6. The van der Waals surface area contributed by atoms with Crippen molar-refractivity contribution in [2.45, 2.75) is 19.4 Å². The first kappa shape index (κ1) is 19.1. The Labute approximate surface area is 170 Å². The summed E-state index contributed by atoms with van der Waals surface area (Å²) in [6.07, 6.45) is 10.0. The largest absolute Gasteiger partial charge is 0.370 e. The van der Waals surface area contributed by atoms with Crippen molar-refractivity contribution in [2.24, 2.45) is 0 Å². The molecule has 4 heterocycles. The molecular formula is C19H27N7OS. The highest BCUT2D eigenvalue weighted by atomic mass is 32.2. The van der Waals surface area contributed by atoms with Crippen LogP contribution in [0.25, 0.3) is 0 Å². The van der Waals surface area contributed by atoms with E-state index in [1.54, 1.807) is 6.20 Å². The quantitative estimate of drug-likeness (QED) is 0.771. The third-order valence-electron chi connectivity index (χ3n) is 5.36. The molecule has 0 radical (unpaired) electrons. The van der Waals surface area contributed by atoms with E-state index in [2.05, 4.69) is 30.7 Å². The second-order valence-electron chi connectivity index (χ2n) is 7.20. The fraction of sp³-hybridized carbons (Fsp3) is 0.526. The topological polar surface area (TPSA) is 69.5 Å². The van der Waals surface area contributed by atoms with Crippen molar-refractivity contribution in [3.63, 3.8) is 0 Å². The fourth-order valence-electron chi connectivity index (χ4n) is 3.86. The molecule has 2 aromatic heterocycles. The molecule has 2 aliphatic rings. The van der Waals surface area contributed by atoms with Crippen LogP contribution in [-0.2, 0) is 6.54 Å². The predicted molar refractivity (Wildman–Crippen MR) is 113 cm³/mol. The van der Waals surface area contributed by atoms with E-state index in [1.807, 2.05) is 29.6 Å². The van der Waals surface area contributed by atoms with E-state index in [0.29, 0.717) is 18.9 Å². The van der Waals surface area contributed by atoms with Crippen molar-refractivity contribution in [2.75, 3.05) is 55.1 Å². The van der Waals surface area contributed by atoms with Crippen LogP contribution >= 0.6 is 11.9 Å². The monoisotopic (exact) mass is 401 g/mol. The van der Waals surface area contributed by atoms with Gasteiger partial charge in [0.2, 0.25) is 0 Å². The van der Waals surface area contributed by atoms with Crippen LogP contribution in [0.3, 0.4) is 0 Å². The number of piperazine rings is 1. The molecule has 0 aromatic carbocycles. The van der Waals surface area contributed by atoms with Crippen molar-refractivity contribution < 1.29 is 4.79 Å². The van der Waals surface area contributed by atoms with Crippen molar-refractivity contribution in [1.29, 1.82) is 0 Å². The molecule has 0 atom stereocenters. The molecule has 1 N–H and O–H groups in total. The van der Waals surface area contributed by atoms with Crippen molar-refractivity contribution in [3.05, 3.63) is 36.3 Å². The fourth-order valence-corrected chi connectivity index (χ4v) is 4.18. The smallest absolute Gasteiger partial charge is 0.344 e. The second kappa shape index (κ2) is 8.83. The lowest BCUT2D eigenvalue weighted by molar-refractivity contribution is 0.134. The summed E-state index contributed by atoms with van der Waals surface area (Å²) in [6, 6.07) is 3.89. The van der Waals surface area contributed by atoms with Gasteiger partial charge < -0.3 is 14.5 Å². The number of rotatable bonds is 5. The molecule has 2 aromatic rings. The Morgan fingerprint density at radius 2 is 1.93 bits per heavy atom. The number of hydrogen-bond donors (Lipinski definition) is 1. The lowest BCUT2D eigenvalue weighted by Gasteiger charge is -2.35. The second-order valence-corrected chi connectivity index (χ2v) is 7.81. The first-order valence-electron chi connectivity index (χ1n) is 9.79. The summed E-state index contributed by atoms with van der Waals surface area (Å²) in [5.41, 5.74) is 2.60. The Hall–Kier alpha value is -2.26. The van der Waals surface area contributed by atoms with Gasteiger partial charge in [0.05, 0.1) is 11.9 Å². The number of anilines is 2. The highest BCUT2D eigenvalue weighted by molar-refractivity contribution is 7.99. The number of amides is 1. The SMILES string of the molecule is CSNc1ccn(C(=O)N2CCN(Cc3ccncc3N3CCCC3)CC2)n1. The number of carbonyl (C=O) groups excluding carboxylic acids is 1. The molecule has 150 valence electrons. The van der Waals surface area contributed by atoms with Gasteiger partial charge in [0.1, 0.15) is 0 Å². The number of carbonyl (C=O) groups is 1. The molecule has 28 heavy (non-hydrogen) atoms. The van der Waals surface area contributed by atoms with Crippen molar-refractivity contribution >= 4 is 29.5 Å². The maximum atomic E-state index is 12.7. The van der Waals surface area contributed by atoms with Crippen LogP contribution in [0.15, 0.2) is 30.7 Å². The van der Waals surface area contributed by atoms with Gasteiger partial charge in [0, 0.05) is 70.5 Å². The number of hydrogen-bond acceptors (Lipinski definition) is 7. The molecule has 2 fully saturated rings. The van der Waals surface area contributed by atoms with Crippen LogP contribution in [-0.4, -0.2) is 76.1 Å². The van der Waals surface area contributed by atoms with E-state index in [-0.39, 0.29) is 6.03 Å². The summed E-state index contributed by atoms with van der Waals surface area (Å²) in [4.78, 5) is 23.7. The zero-order valence-corrected chi connectivity index (χ0v) is 17.1. The minimum Gasteiger partial charge on any atom is -0.370 e. The predicted octanol–water partition coefficient (Wildman–Crippen LogP) is 2.35. The van der Waals surface area contributed by atoms with Gasteiger partial charge >= 0.3 is 6.03 Å². The lowest BCUT2D eigenvalue weighted by atomic mass is 10.2. The first-order valence-corrected chi connectivity index (χ1v) is 11.0. The van der Waals surface area contributed by atoms with Crippen LogP contribution in [0.1, 0.15) is 18.4 Å². The maximum absolute atomic E-state index is 12.7. The Morgan fingerprint density at radius 3 is 2.68 bits per heavy atom. The normalized spacial score (nSPS) is 17.9. The molecule has 0 unspecified atom stereocenters. The third kappa shape index (κ3) is 4.25. The molecule has 0 bridgehead atoms. The Morgan fingerprint density at radius 1 is 1.14 bits per heavy atom. The third-order valence-corrected chi connectivity index (χ3v) is 5.78. The summed E-state index contributed by atoms with van der Waals surface area (Å²) in [7, 11) is 0. The van der Waals surface area contributed by atoms with Crippen LogP contribution in [0.4, 0.5) is 16.3 Å². The van der Waals surface area contributed by atoms with Crippen LogP contribution in [0.2, 0.25) is 0 Å². The van der Waals surface area contributed by atoms with Gasteiger partial charge in [-0.3, -0.25) is 9.88 Å². The number of pyridine rings is 1. The minimum atomic E-state index is -0.0598. The lowest BCUT2D eigenvalue weighted by Crippen LogP contribution is -2.49. The molecule has 8 nitrogen and oxygen atoms in total. The van der Waals surface area contributed by atoms with E-state index in [1.165, 1.54) is 40.7 Å². The zero-order valence-electron chi connectivity index (χ0n) is 16.3. The van der Waals surface area contributed by atoms with Crippen LogP contribution in [0.5, 0.6) is 0 Å². The summed E-state index contributed by atoms with van der Waals surface area (Å²) in [5, 5.41) is 4.29. The van der Waals surface area contributed by atoms with E-state index in [9.17, 15) is 4.79 Å². The molecule has 2 aliphatic heterocycles. The highest BCUT2D eigenvalue weighted by Gasteiger charge is 2.24. The molecule has 2 saturated heterocycles. The summed E-state index contributed by atoms with van der Waals surface area (Å²) in [5.74, 6) is 0.701. The number of nitrogens with one attached hydrogen (secondary N) is 1. The summed E-state index contributed by atoms with van der Waals surface area (Å²) >= 11 is 1.46. The molecule has 4 rings (SSSR count). The Kier molecular flexibility index (Phi) is 6.01. The zero-order chi connectivity index (χ0) is 19.3. The maximum Gasteiger partial charge on any atom is 0.344 e. The summed E-state index contributed by atoms with van der Waals surface area (Å²) < 4.78 is 4.46. The van der Waals surface area contributed by atoms with Crippen LogP contribution < -0.4 is 9.62 Å². The molecule has 9 heteroatoms. The van der Waals surface area contributed by atoms with Gasteiger partial charge in [0.15, 0.2) is 5.82 Å². The molecule has 1 amide bonds. The standard InChI is InChI=1S/C19H27N7OS/c1-28-22-18-5-9-26(21-18)19(27)25-12-10-23(11-13-25)15-16-4-6-20-14-17(16)24-7-2-3-8-24/h4-6,9,14H,2-3,7-8,10-13,15H2,1H3,(H,21,22).